The Morgan fingerprint density at radius 2 is 1.74 bits per heavy atom. The van der Waals surface area contributed by atoms with Crippen molar-refractivity contribution in [1.82, 2.24) is 10.2 Å². The molecule has 1 aromatic carbocycles. The van der Waals surface area contributed by atoms with Crippen LogP contribution in [0.2, 0.25) is 0 Å². The highest BCUT2D eigenvalue weighted by molar-refractivity contribution is 6.11. The fraction of sp³-hybridized carbons (Fsp3) is 0.619. The number of rotatable bonds is 2. The Hall–Kier alpha value is -2.08. The van der Waals surface area contributed by atoms with Crippen LogP contribution in [0.3, 0.4) is 0 Å². The molecule has 1 aromatic rings. The largest absolute Gasteiger partial charge is 0.369 e. The number of nitrogens with zero attached hydrogens (tertiary/aromatic N) is 2. The van der Waals surface area contributed by atoms with Gasteiger partial charge in [0.25, 0.3) is 5.91 Å². The SMILES string of the molecule is CC(C(=O)N1CCCCCC1)N1C(=O)C2(CCNCC2)Nc2ccccc21. The molecule has 2 amide bonds. The number of fused-ring (bicyclic) bond motifs is 1. The van der Waals surface area contributed by atoms with Gasteiger partial charge in [-0.1, -0.05) is 25.0 Å². The predicted octanol–water partition coefficient (Wildman–Crippen LogP) is 2.36. The first-order chi connectivity index (χ1) is 13.1. The second-order valence-corrected chi connectivity index (χ2v) is 8.06. The Morgan fingerprint density at radius 3 is 2.44 bits per heavy atom. The van der Waals surface area contributed by atoms with Crippen LogP contribution in [-0.4, -0.2) is 54.5 Å². The van der Waals surface area contributed by atoms with E-state index in [1.165, 1.54) is 12.8 Å². The van der Waals surface area contributed by atoms with E-state index in [1.807, 2.05) is 36.1 Å². The van der Waals surface area contributed by atoms with Gasteiger partial charge in [-0.15, -0.1) is 0 Å². The quantitative estimate of drug-likeness (QED) is 0.839. The average Bonchev–Trinajstić information content (AvgIpc) is 2.98. The van der Waals surface area contributed by atoms with Crippen LogP contribution in [0.5, 0.6) is 0 Å². The number of benzene rings is 1. The summed E-state index contributed by atoms with van der Waals surface area (Å²) in [4.78, 5) is 30.6. The molecule has 4 rings (SSSR count). The van der Waals surface area contributed by atoms with Gasteiger partial charge in [0.2, 0.25) is 5.91 Å². The molecule has 3 aliphatic heterocycles. The van der Waals surface area contributed by atoms with E-state index < -0.39 is 11.6 Å². The van der Waals surface area contributed by atoms with E-state index in [4.69, 9.17) is 0 Å². The minimum Gasteiger partial charge on any atom is -0.369 e. The maximum Gasteiger partial charge on any atom is 0.253 e. The molecule has 2 N–H and O–H groups in total. The minimum absolute atomic E-state index is 0.0402. The summed E-state index contributed by atoms with van der Waals surface area (Å²) >= 11 is 0. The third-order valence-corrected chi connectivity index (χ3v) is 6.29. The molecule has 0 bridgehead atoms. The fourth-order valence-electron chi connectivity index (χ4n) is 4.68. The van der Waals surface area contributed by atoms with E-state index >= 15 is 0 Å². The summed E-state index contributed by atoms with van der Waals surface area (Å²) in [5.74, 6) is 0.115. The van der Waals surface area contributed by atoms with E-state index in [-0.39, 0.29) is 11.8 Å². The molecule has 146 valence electrons. The van der Waals surface area contributed by atoms with Gasteiger partial charge < -0.3 is 15.5 Å². The minimum atomic E-state index is -0.604. The molecule has 0 saturated carbocycles. The smallest absolute Gasteiger partial charge is 0.253 e. The van der Waals surface area contributed by atoms with Crippen LogP contribution in [0.25, 0.3) is 0 Å². The predicted molar refractivity (Wildman–Crippen MR) is 107 cm³/mol. The molecule has 1 spiro atoms. The lowest BCUT2D eigenvalue weighted by molar-refractivity contribution is -0.135. The highest BCUT2D eigenvalue weighted by Gasteiger charge is 2.49. The molecule has 3 heterocycles. The molecule has 0 aliphatic carbocycles. The van der Waals surface area contributed by atoms with Crippen molar-refractivity contribution in [2.24, 2.45) is 0 Å². The molecule has 6 heteroatoms. The number of likely N-dealkylation sites (tertiary alicyclic amines) is 1. The Kier molecular flexibility index (Phi) is 5.08. The molecule has 1 unspecified atom stereocenters. The molecular weight excluding hydrogens is 340 g/mol. The normalized spacial score (nSPS) is 23.4. The Morgan fingerprint density at radius 1 is 1.07 bits per heavy atom. The van der Waals surface area contributed by atoms with Crippen molar-refractivity contribution < 1.29 is 9.59 Å². The topological polar surface area (TPSA) is 64.7 Å². The third kappa shape index (κ3) is 3.31. The van der Waals surface area contributed by atoms with Gasteiger partial charge in [0.05, 0.1) is 11.4 Å². The van der Waals surface area contributed by atoms with Gasteiger partial charge in [-0.05, 0) is 57.8 Å². The maximum atomic E-state index is 13.6. The van der Waals surface area contributed by atoms with Crippen molar-refractivity contribution in [3.63, 3.8) is 0 Å². The monoisotopic (exact) mass is 370 g/mol. The van der Waals surface area contributed by atoms with Crippen LogP contribution in [0.1, 0.15) is 45.4 Å². The number of amides is 2. The summed E-state index contributed by atoms with van der Waals surface area (Å²) in [6.07, 6.45) is 5.95. The third-order valence-electron chi connectivity index (χ3n) is 6.29. The number of carbonyl (C=O) groups excluding carboxylic acids is 2. The summed E-state index contributed by atoms with van der Waals surface area (Å²) in [6, 6.07) is 7.40. The van der Waals surface area contributed by atoms with E-state index in [0.717, 1.165) is 63.2 Å². The van der Waals surface area contributed by atoms with Gasteiger partial charge in [-0.2, -0.15) is 0 Å². The van der Waals surface area contributed by atoms with Crippen LogP contribution < -0.4 is 15.5 Å². The summed E-state index contributed by atoms with van der Waals surface area (Å²) in [5, 5.41) is 6.86. The molecule has 2 fully saturated rings. The number of piperidine rings is 1. The Bertz CT molecular complexity index is 706. The number of hydrogen-bond donors (Lipinski definition) is 2. The van der Waals surface area contributed by atoms with E-state index in [9.17, 15) is 9.59 Å². The highest BCUT2D eigenvalue weighted by atomic mass is 16.2. The summed E-state index contributed by atoms with van der Waals surface area (Å²) in [6.45, 7) is 5.12. The van der Waals surface area contributed by atoms with Crippen molar-refractivity contribution in [3.8, 4) is 0 Å². The molecular formula is C21H30N4O2. The zero-order valence-electron chi connectivity index (χ0n) is 16.2. The van der Waals surface area contributed by atoms with E-state index in [2.05, 4.69) is 10.6 Å². The molecule has 3 aliphatic rings. The highest BCUT2D eigenvalue weighted by Crippen LogP contribution is 2.40. The molecule has 2 saturated heterocycles. The first kappa shape index (κ1) is 18.3. The van der Waals surface area contributed by atoms with Gasteiger partial charge in [-0.25, -0.2) is 0 Å². The average molecular weight is 370 g/mol. The lowest BCUT2D eigenvalue weighted by Crippen LogP contribution is -2.64. The van der Waals surface area contributed by atoms with Gasteiger partial charge in [0, 0.05) is 13.1 Å². The summed E-state index contributed by atoms with van der Waals surface area (Å²) in [7, 11) is 0. The van der Waals surface area contributed by atoms with Crippen LogP contribution in [0.15, 0.2) is 24.3 Å². The van der Waals surface area contributed by atoms with Crippen LogP contribution in [-0.2, 0) is 9.59 Å². The van der Waals surface area contributed by atoms with Crippen molar-refractivity contribution in [3.05, 3.63) is 24.3 Å². The first-order valence-corrected chi connectivity index (χ1v) is 10.3. The zero-order valence-corrected chi connectivity index (χ0v) is 16.2. The van der Waals surface area contributed by atoms with Gasteiger partial charge >= 0.3 is 0 Å². The second kappa shape index (κ2) is 7.50. The van der Waals surface area contributed by atoms with Gasteiger partial charge in [0.15, 0.2) is 0 Å². The van der Waals surface area contributed by atoms with Crippen LogP contribution >= 0.6 is 0 Å². The second-order valence-electron chi connectivity index (χ2n) is 8.06. The lowest BCUT2D eigenvalue weighted by Gasteiger charge is -2.47. The molecule has 0 aromatic heterocycles. The van der Waals surface area contributed by atoms with Crippen molar-refractivity contribution in [2.75, 3.05) is 36.4 Å². The Labute approximate surface area is 161 Å². The standard InChI is InChI=1S/C21H30N4O2/c1-16(19(26)24-14-6-2-3-7-15-24)25-18-9-5-4-8-17(18)23-21(20(25)27)10-12-22-13-11-21/h4-5,8-9,16,22-23H,2-3,6-7,10-15H2,1H3. The maximum absolute atomic E-state index is 13.6. The zero-order chi connectivity index (χ0) is 18.9. The van der Waals surface area contributed by atoms with E-state index in [0.29, 0.717) is 0 Å². The lowest BCUT2D eigenvalue weighted by atomic mass is 9.83. The number of anilines is 2. The first-order valence-electron chi connectivity index (χ1n) is 10.3. The Balaban J connectivity index is 1.66. The van der Waals surface area contributed by atoms with Gasteiger partial charge in [-0.3, -0.25) is 14.5 Å². The van der Waals surface area contributed by atoms with E-state index in [1.54, 1.807) is 4.90 Å². The van der Waals surface area contributed by atoms with Crippen LogP contribution in [0, 0.1) is 0 Å². The van der Waals surface area contributed by atoms with Crippen molar-refractivity contribution >= 4 is 23.2 Å². The molecule has 27 heavy (non-hydrogen) atoms. The fourth-order valence-corrected chi connectivity index (χ4v) is 4.68. The molecule has 1 atom stereocenters. The van der Waals surface area contributed by atoms with Crippen molar-refractivity contribution in [1.29, 1.82) is 0 Å². The summed E-state index contributed by atoms with van der Waals surface area (Å²) in [5.41, 5.74) is 1.17. The molecule has 0 radical (unpaired) electrons. The number of para-hydroxylation sites is 2. The number of nitrogens with one attached hydrogen (secondary N) is 2. The van der Waals surface area contributed by atoms with Crippen molar-refractivity contribution in [2.45, 2.75) is 57.0 Å². The molecule has 6 nitrogen and oxygen atoms in total. The van der Waals surface area contributed by atoms with Crippen LogP contribution in [0.4, 0.5) is 11.4 Å². The van der Waals surface area contributed by atoms with Gasteiger partial charge in [0.1, 0.15) is 11.6 Å². The number of carbonyl (C=O) groups is 2. The number of hydrogen-bond acceptors (Lipinski definition) is 4. The summed E-state index contributed by atoms with van der Waals surface area (Å²) < 4.78 is 0.